The van der Waals surface area contributed by atoms with Crippen LogP contribution in [0.15, 0.2) is 24.3 Å². The number of nitriles is 1. The zero-order valence-electron chi connectivity index (χ0n) is 9.51. The summed E-state index contributed by atoms with van der Waals surface area (Å²) >= 11 is 5.79. The predicted octanol–water partition coefficient (Wildman–Crippen LogP) is 1.80. The zero-order chi connectivity index (χ0) is 13.3. The van der Waals surface area contributed by atoms with E-state index in [1.54, 1.807) is 31.2 Å². The van der Waals surface area contributed by atoms with Crippen LogP contribution in [0.25, 0.3) is 5.69 Å². The van der Waals surface area contributed by atoms with Crippen molar-refractivity contribution in [1.82, 2.24) is 9.78 Å². The van der Waals surface area contributed by atoms with Crippen LogP contribution in [0.5, 0.6) is 0 Å². The molecular formula is C12H9ClN4O. The van der Waals surface area contributed by atoms with Crippen LogP contribution in [-0.2, 0) is 0 Å². The second-order valence-electron chi connectivity index (χ2n) is 3.67. The molecule has 0 bridgehead atoms. The monoisotopic (exact) mass is 260 g/mol. The van der Waals surface area contributed by atoms with E-state index in [4.69, 9.17) is 22.6 Å². The van der Waals surface area contributed by atoms with Gasteiger partial charge in [-0.1, -0.05) is 11.6 Å². The third-order valence-corrected chi connectivity index (χ3v) is 2.74. The van der Waals surface area contributed by atoms with Gasteiger partial charge in [-0.2, -0.15) is 10.4 Å². The molecule has 1 aromatic heterocycles. The Labute approximate surface area is 108 Å². The first-order valence-corrected chi connectivity index (χ1v) is 5.48. The number of aryl methyl sites for hydroxylation is 1. The highest BCUT2D eigenvalue weighted by molar-refractivity contribution is 6.30. The standard InChI is InChI=1S/C12H9ClN4O/c1-7-11(12(15)18)10(6-14)17(16-7)9-4-2-8(13)3-5-9/h2-5H,1H3,(H2,15,18). The Bertz CT molecular complexity index is 652. The molecule has 0 aliphatic heterocycles. The smallest absolute Gasteiger partial charge is 0.253 e. The Balaban J connectivity index is 2.66. The van der Waals surface area contributed by atoms with Gasteiger partial charge in [-0.05, 0) is 31.2 Å². The number of carbonyl (C=O) groups is 1. The maximum absolute atomic E-state index is 11.3. The molecule has 0 aliphatic carbocycles. The Kier molecular flexibility index (Phi) is 3.04. The van der Waals surface area contributed by atoms with Gasteiger partial charge in [0, 0.05) is 5.02 Å². The summed E-state index contributed by atoms with van der Waals surface area (Å²) in [5, 5.41) is 13.9. The van der Waals surface area contributed by atoms with E-state index in [1.165, 1.54) is 4.68 Å². The molecule has 2 aromatic rings. The largest absolute Gasteiger partial charge is 0.365 e. The number of hydrogen-bond acceptors (Lipinski definition) is 3. The van der Waals surface area contributed by atoms with Crippen molar-refractivity contribution in [1.29, 1.82) is 5.26 Å². The van der Waals surface area contributed by atoms with E-state index < -0.39 is 5.91 Å². The summed E-state index contributed by atoms with van der Waals surface area (Å²) in [7, 11) is 0. The average molecular weight is 261 g/mol. The fourth-order valence-corrected chi connectivity index (χ4v) is 1.82. The Morgan fingerprint density at radius 2 is 2.06 bits per heavy atom. The summed E-state index contributed by atoms with van der Waals surface area (Å²) in [6.07, 6.45) is 0. The molecule has 18 heavy (non-hydrogen) atoms. The van der Waals surface area contributed by atoms with Gasteiger partial charge >= 0.3 is 0 Å². The predicted molar refractivity (Wildman–Crippen MR) is 66.5 cm³/mol. The van der Waals surface area contributed by atoms with Crippen LogP contribution < -0.4 is 5.73 Å². The van der Waals surface area contributed by atoms with Crippen molar-refractivity contribution >= 4 is 17.5 Å². The van der Waals surface area contributed by atoms with Crippen molar-refractivity contribution in [3.63, 3.8) is 0 Å². The van der Waals surface area contributed by atoms with Gasteiger partial charge in [-0.3, -0.25) is 4.79 Å². The van der Waals surface area contributed by atoms with Crippen molar-refractivity contribution in [2.75, 3.05) is 0 Å². The number of amides is 1. The van der Waals surface area contributed by atoms with Gasteiger partial charge in [-0.25, -0.2) is 4.68 Å². The summed E-state index contributed by atoms with van der Waals surface area (Å²) in [5.74, 6) is -0.663. The number of primary amides is 1. The van der Waals surface area contributed by atoms with Crippen LogP contribution in [0, 0.1) is 18.3 Å². The molecule has 0 aliphatic rings. The fourth-order valence-electron chi connectivity index (χ4n) is 1.69. The number of rotatable bonds is 2. The molecule has 2 N–H and O–H groups in total. The third kappa shape index (κ3) is 1.94. The normalized spacial score (nSPS) is 10.1. The molecule has 5 nitrogen and oxygen atoms in total. The first-order valence-electron chi connectivity index (χ1n) is 5.10. The minimum Gasteiger partial charge on any atom is -0.365 e. The highest BCUT2D eigenvalue weighted by Crippen LogP contribution is 2.19. The van der Waals surface area contributed by atoms with E-state index in [2.05, 4.69) is 5.10 Å². The summed E-state index contributed by atoms with van der Waals surface area (Å²) in [6, 6.07) is 8.72. The van der Waals surface area contributed by atoms with E-state index in [0.29, 0.717) is 16.4 Å². The maximum atomic E-state index is 11.3. The number of hydrogen-bond donors (Lipinski definition) is 1. The quantitative estimate of drug-likeness (QED) is 0.893. The molecule has 0 radical (unpaired) electrons. The second-order valence-corrected chi connectivity index (χ2v) is 4.11. The number of nitrogens with two attached hydrogens (primary N) is 1. The van der Waals surface area contributed by atoms with Crippen molar-refractivity contribution in [3.05, 3.63) is 46.2 Å². The van der Waals surface area contributed by atoms with Crippen LogP contribution in [0.3, 0.4) is 0 Å². The summed E-state index contributed by atoms with van der Waals surface area (Å²) < 4.78 is 1.38. The molecule has 1 amide bonds. The minimum absolute atomic E-state index is 0.127. The van der Waals surface area contributed by atoms with Gasteiger partial charge in [0.25, 0.3) is 5.91 Å². The molecule has 0 saturated carbocycles. The Morgan fingerprint density at radius 1 is 1.44 bits per heavy atom. The van der Waals surface area contributed by atoms with Crippen molar-refractivity contribution in [2.45, 2.75) is 6.92 Å². The zero-order valence-corrected chi connectivity index (χ0v) is 10.3. The number of aromatic nitrogens is 2. The first kappa shape index (κ1) is 12.1. The van der Waals surface area contributed by atoms with Gasteiger partial charge < -0.3 is 5.73 Å². The highest BCUT2D eigenvalue weighted by Gasteiger charge is 2.20. The molecule has 0 spiro atoms. The van der Waals surface area contributed by atoms with Crippen LogP contribution in [0.4, 0.5) is 0 Å². The van der Waals surface area contributed by atoms with Crippen LogP contribution in [0.1, 0.15) is 21.7 Å². The number of carbonyl (C=O) groups excluding carboxylic acids is 1. The molecule has 6 heteroatoms. The van der Waals surface area contributed by atoms with E-state index in [0.717, 1.165) is 0 Å². The van der Waals surface area contributed by atoms with Gasteiger partial charge in [0.05, 0.1) is 16.9 Å². The fraction of sp³-hybridized carbons (Fsp3) is 0.0833. The van der Waals surface area contributed by atoms with Crippen LogP contribution in [0.2, 0.25) is 5.02 Å². The number of benzene rings is 1. The average Bonchev–Trinajstić information content (AvgIpc) is 2.67. The molecule has 90 valence electrons. The summed E-state index contributed by atoms with van der Waals surface area (Å²) in [5.41, 5.74) is 6.58. The van der Waals surface area contributed by atoms with Crippen LogP contribution in [-0.4, -0.2) is 15.7 Å². The molecule has 0 fully saturated rings. The third-order valence-electron chi connectivity index (χ3n) is 2.48. The van der Waals surface area contributed by atoms with E-state index in [1.807, 2.05) is 6.07 Å². The molecule has 1 aromatic carbocycles. The molecule has 1 heterocycles. The van der Waals surface area contributed by atoms with Gasteiger partial charge in [0.15, 0.2) is 5.69 Å². The lowest BCUT2D eigenvalue weighted by Crippen LogP contribution is -2.13. The van der Waals surface area contributed by atoms with Crippen molar-refractivity contribution in [2.24, 2.45) is 5.73 Å². The molecule has 0 atom stereocenters. The lowest BCUT2D eigenvalue weighted by atomic mass is 10.2. The van der Waals surface area contributed by atoms with Gasteiger partial charge in [0.1, 0.15) is 6.07 Å². The van der Waals surface area contributed by atoms with E-state index in [9.17, 15) is 4.79 Å². The number of halogens is 1. The maximum Gasteiger partial charge on any atom is 0.253 e. The van der Waals surface area contributed by atoms with E-state index >= 15 is 0 Å². The second kappa shape index (κ2) is 4.51. The highest BCUT2D eigenvalue weighted by atomic mass is 35.5. The van der Waals surface area contributed by atoms with Gasteiger partial charge in [-0.15, -0.1) is 0 Å². The minimum atomic E-state index is -0.663. The molecule has 0 saturated heterocycles. The van der Waals surface area contributed by atoms with Gasteiger partial charge in [0.2, 0.25) is 0 Å². The topological polar surface area (TPSA) is 84.7 Å². The lowest BCUT2D eigenvalue weighted by molar-refractivity contribution is 0.0999. The Morgan fingerprint density at radius 3 is 2.56 bits per heavy atom. The van der Waals surface area contributed by atoms with Crippen molar-refractivity contribution in [3.8, 4) is 11.8 Å². The molecule has 0 unspecified atom stereocenters. The summed E-state index contributed by atoms with van der Waals surface area (Å²) in [6.45, 7) is 1.63. The molecular weight excluding hydrogens is 252 g/mol. The van der Waals surface area contributed by atoms with Crippen molar-refractivity contribution < 1.29 is 4.79 Å². The molecule has 2 rings (SSSR count). The summed E-state index contributed by atoms with van der Waals surface area (Å²) in [4.78, 5) is 11.3. The van der Waals surface area contributed by atoms with Crippen LogP contribution >= 0.6 is 11.6 Å². The Hall–Kier alpha value is -2.32. The SMILES string of the molecule is Cc1nn(-c2ccc(Cl)cc2)c(C#N)c1C(N)=O. The van der Waals surface area contributed by atoms with E-state index in [-0.39, 0.29) is 11.3 Å². The number of nitrogens with zero attached hydrogens (tertiary/aromatic N) is 3. The lowest BCUT2D eigenvalue weighted by Gasteiger charge is -2.02. The first-order chi connectivity index (χ1) is 8.54.